The molecule has 0 saturated heterocycles. The number of nitrogens with zero attached hydrogens (tertiary/aromatic N) is 2. The zero-order chi connectivity index (χ0) is 20.5. The Morgan fingerprint density at radius 2 is 1.76 bits per heavy atom. The summed E-state index contributed by atoms with van der Waals surface area (Å²) in [5.41, 5.74) is 3.21. The summed E-state index contributed by atoms with van der Waals surface area (Å²) in [6, 6.07) is 14.9. The van der Waals surface area contributed by atoms with E-state index in [2.05, 4.69) is 4.98 Å². The number of hydrogen-bond acceptors (Lipinski definition) is 5. The third-order valence-electron chi connectivity index (χ3n) is 4.96. The van der Waals surface area contributed by atoms with Crippen LogP contribution in [0.25, 0.3) is 21.3 Å². The number of fused-ring (bicyclic) bond motifs is 1. The van der Waals surface area contributed by atoms with Crippen molar-refractivity contribution in [3.63, 3.8) is 0 Å². The fourth-order valence-corrected chi connectivity index (χ4v) is 4.25. The Kier molecular flexibility index (Phi) is 5.03. The minimum atomic E-state index is -0.194. The summed E-state index contributed by atoms with van der Waals surface area (Å²) < 4.78 is 6.68. The number of hydrogen-bond donors (Lipinski definition) is 0. The number of ether oxygens (including phenoxy) is 1. The number of carbonyl (C=O) groups is 1. The fraction of sp³-hybridized carbons (Fsp3) is 0.174. The van der Waals surface area contributed by atoms with Crippen LogP contribution in [0.2, 0.25) is 0 Å². The standard InChI is InChI=1S/C23H20N2O3S/c1-14-4-6-17(7-5-14)20(26)12-25-15(2)24-22-21(23(25)27)19(13-29-22)16-8-10-18(28-3)11-9-16/h4-11,13H,12H2,1-3H3. The summed E-state index contributed by atoms with van der Waals surface area (Å²) in [6.45, 7) is 3.70. The van der Waals surface area contributed by atoms with Gasteiger partial charge >= 0.3 is 0 Å². The van der Waals surface area contributed by atoms with Crippen LogP contribution in [0, 0.1) is 13.8 Å². The Labute approximate surface area is 172 Å². The third-order valence-corrected chi connectivity index (χ3v) is 5.83. The molecule has 0 aliphatic carbocycles. The predicted octanol–water partition coefficient (Wildman–Crippen LogP) is 4.63. The van der Waals surface area contributed by atoms with Crippen LogP contribution in [-0.2, 0) is 6.54 Å². The van der Waals surface area contributed by atoms with E-state index >= 15 is 0 Å². The Morgan fingerprint density at radius 3 is 2.41 bits per heavy atom. The first-order valence-electron chi connectivity index (χ1n) is 9.21. The first kappa shape index (κ1) is 19.1. The smallest absolute Gasteiger partial charge is 0.263 e. The summed E-state index contributed by atoms with van der Waals surface area (Å²) in [5, 5.41) is 2.48. The van der Waals surface area contributed by atoms with E-state index in [1.165, 1.54) is 15.9 Å². The summed E-state index contributed by atoms with van der Waals surface area (Å²) >= 11 is 1.43. The van der Waals surface area contributed by atoms with Gasteiger partial charge in [-0.2, -0.15) is 0 Å². The van der Waals surface area contributed by atoms with Crippen LogP contribution in [0.5, 0.6) is 5.75 Å². The normalized spacial score (nSPS) is 11.0. The maximum atomic E-state index is 13.3. The summed E-state index contributed by atoms with van der Waals surface area (Å²) in [5.74, 6) is 1.17. The van der Waals surface area contributed by atoms with Gasteiger partial charge in [-0.25, -0.2) is 4.98 Å². The van der Waals surface area contributed by atoms with Gasteiger partial charge in [0.05, 0.1) is 19.0 Å². The van der Waals surface area contributed by atoms with Crippen molar-refractivity contribution in [2.45, 2.75) is 20.4 Å². The maximum Gasteiger partial charge on any atom is 0.263 e. The van der Waals surface area contributed by atoms with Crippen LogP contribution >= 0.6 is 11.3 Å². The highest BCUT2D eigenvalue weighted by Gasteiger charge is 2.17. The van der Waals surface area contributed by atoms with Crippen molar-refractivity contribution in [2.24, 2.45) is 0 Å². The Morgan fingerprint density at radius 1 is 1.07 bits per heavy atom. The highest BCUT2D eigenvalue weighted by molar-refractivity contribution is 7.17. The van der Waals surface area contributed by atoms with Crippen molar-refractivity contribution in [2.75, 3.05) is 7.11 Å². The van der Waals surface area contributed by atoms with E-state index in [-0.39, 0.29) is 17.9 Å². The first-order chi connectivity index (χ1) is 14.0. The highest BCUT2D eigenvalue weighted by atomic mass is 32.1. The van der Waals surface area contributed by atoms with Gasteiger partial charge in [-0.05, 0) is 31.5 Å². The molecule has 0 N–H and O–H groups in total. The van der Waals surface area contributed by atoms with E-state index < -0.39 is 0 Å². The van der Waals surface area contributed by atoms with E-state index in [1.807, 2.05) is 48.7 Å². The molecule has 0 bridgehead atoms. The molecule has 0 aliphatic heterocycles. The van der Waals surface area contributed by atoms with Crippen LogP contribution in [0.1, 0.15) is 21.7 Å². The van der Waals surface area contributed by atoms with Crippen molar-refractivity contribution in [3.8, 4) is 16.9 Å². The molecular weight excluding hydrogens is 384 g/mol. The number of ketones is 1. The van der Waals surface area contributed by atoms with Crippen LogP contribution < -0.4 is 10.3 Å². The number of thiophene rings is 1. The SMILES string of the molecule is COc1ccc(-c2csc3nc(C)n(CC(=O)c4ccc(C)cc4)c(=O)c23)cc1. The van der Waals surface area contributed by atoms with Crippen LogP contribution in [0.3, 0.4) is 0 Å². The number of benzene rings is 2. The molecule has 0 unspecified atom stereocenters. The Hall–Kier alpha value is -3.25. The number of rotatable bonds is 5. The molecule has 146 valence electrons. The zero-order valence-corrected chi connectivity index (χ0v) is 17.2. The van der Waals surface area contributed by atoms with Crippen LogP contribution in [-0.4, -0.2) is 22.4 Å². The molecule has 0 amide bonds. The lowest BCUT2D eigenvalue weighted by molar-refractivity contribution is 0.0969. The molecule has 29 heavy (non-hydrogen) atoms. The van der Waals surface area contributed by atoms with E-state index in [4.69, 9.17) is 4.74 Å². The summed E-state index contributed by atoms with van der Waals surface area (Å²) in [6.07, 6.45) is 0. The van der Waals surface area contributed by atoms with Gasteiger partial charge in [0.2, 0.25) is 0 Å². The van der Waals surface area contributed by atoms with Crippen molar-refractivity contribution in [1.82, 2.24) is 9.55 Å². The molecule has 0 atom stereocenters. The minimum absolute atomic E-state index is 0.0332. The van der Waals surface area contributed by atoms with Gasteiger partial charge in [0.25, 0.3) is 5.56 Å². The monoisotopic (exact) mass is 404 g/mol. The van der Waals surface area contributed by atoms with Gasteiger partial charge in [-0.1, -0.05) is 42.0 Å². The Balaban J connectivity index is 1.78. The molecule has 5 nitrogen and oxygen atoms in total. The molecule has 6 heteroatoms. The number of aromatic nitrogens is 2. The van der Waals surface area contributed by atoms with Crippen molar-refractivity contribution < 1.29 is 9.53 Å². The lowest BCUT2D eigenvalue weighted by Crippen LogP contribution is -2.27. The van der Waals surface area contributed by atoms with Gasteiger partial charge in [-0.3, -0.25) is 14.2 Å². The van der Waals surface area contributed by atoms with Gasteiger partial charge < -0.3 is 4.74 Å². The number of carbonyl (C=O) groups excluding carboxylic acids is 1. The molecular formula is C23H20N2O3S. The topological polar surface area (TPSA) is 61.2 Å². The molecule has 2 aromatic carbocycles. The van der Waals surface area contributed by atoms with Crippen molar-refractivity contribution >= 4 is 27.3 Å². The second kappa shape index (κ2) is 7.64. The quantitative estimate of drug-likeness (QED) is 0.455. The van der Waals surface area contributed by atoms with E-state index in [0.29, 0.717) is 21.6 Å². The van der Waals surface area contributed by atoms with Gasteiger partial charge in [0, 0.05) is 16.5 Å². The fourth-order valence-electron chi connectivity index (χ4n) is 3.27. The summed E-state index contributed by atoms with van der Waals surface area (Å²) in [7, 11) is 1.62. The van der Waals surface area contributed by atoms with E-state index in [0.717, 1.165) is 22.4 Å². The molecule has 2 heterocycles. The molecule has 0 spiro atoms. The van der Waals surface area contributed by atoms with Crippen LogP contribution in [0.15, 0.2) is 58.7 Å². The summed E-state index contributed by atoms with van der Waals surface area (Å²) in [4.78, 5) is 31.3. The van der Waals surface area contributed by atoms with E-state index in [9.17, 15) is 9.59 Å². The third kappa shape index (κ3) is 3.59. The molecule has 0 saturated carbocycles. The molecule has 4 rings (SSSR count). The average molecular weight is 404 g/mol. The molecule has 0 aliphatic rings. The van der Waals surface area contributed by atoms with Gasteiger partial charge in [0.15, 0.2) is 5.78 Å². The van der Waals surface area contributed by atoms with E-state index in [1.54, 1.807) is 26.2 Å². The van der Waals surface area contributed by atoms with Gasteiger partial charge in [-0.15, -0.1) is 11.3 Å². The first-order valence-corrected chi connectivity index (χ1v) is 10.1. The lowest BCUT2D eigenvalue weighted by atomic mass is 10.1. The van der Waals surface area contributed by atoms with Gasteiger partial charge in [0.1, 0.15) is 16.4 Å². The number of aryl methyl sites for hydroxylation is 2. The maximum absolute atomic E-state index is 13.3. The molecule has 4 aromatic rings. The molecule has 0 fully saturated rings. The highest BCUT2D eigenvalue weighted by Crippen LogP contribution is 2.32. The number of Topliss-reactive ketones (excluding diaryl/α,β-unsaturated/α-hetero) is 1. The second-order valence-electron chi connectivity index (χ2n) is 6.90. The number of methoxy groups -OCH3 is 1. The largest absolute Gasteiger partial charge is 0.497 e. The Bertz CT molecular complexity index is 1250. The van der Waals surface area contributed by atoms with Crippen LogP contribution in [0.4, 0.5) is 0 Å². The second-order valence-corrected chi connectivity index (χ2v) is 7.76. The van der Waals surface area contributed by atoms with Crippen molar-refractivity contribution in [3.05, 3.63) is 81.2 Å². The minimum Gasteiger partial charge on any atom is -0.497 e. The zero-order valence-electron chi connectivity index (χ0n) is 16.4. The lowest BCUT2D eigenvalue weighted by Gasteiger charge is -2.10. The molecule has 0 radical (unpaired) electrons. The molecule has 2 aromatic heterocycles. The predicted molar refractivity (Wildman–Crippen MR) is 116 cm³/mol. The van der Waals surface area contributed by atoms with Crippen molar-refractivity contribution in [1.29, 1.82) is 0 Å². The average Bonchev–Trinajstić information content (AvgIpc) is 3.15.